The van der Waals surface area contributed by atoms with Crippen molar-refractivity contribution in [3.05, 3.63) is 52.6 Å². The number of rotatable bonds is 5. The zero-order chi connectivity index (χ0) is 17.8. The highest BCUT2D eigenvalue weighted by Gasteiger charge is 2.27. The maximum Gasteiger partial charge on any atom is 0.351 e. The van der Waals surface area contributed by atoms with Crippen LogP contribution in [0.5, 0.6) is 5.75 Å². The molecule has 0 aliphatic carbocycles. The van der Waals surface area contributed by atoms with Crippen molar-refractivity contribution in [2.45, 2.75) is 12.5 Å². The molecule has 1 saturated heterocycles. The summed E-state index contributed by atoms with van der Waals surface area (Å²) in [7, 11) is 1.54. The Labute approximate surface area is 142 Å². The Morgan fingerprint density at radius 3 is 2.76 bits per heavy atom. The summed E-state index contributed by atoms with van der Waals surface area (Å²) in [6.07, 6.45) is 0.0297. The van der Waals surface area contributed by atoms with Crippen LogP contribution in [0, 0.1) is 0 Å². The Morgan fingerprint density at radius 1 is 1.40 bits per heavy atom. The van der Waals surface area contributed by atoms with Gasteiger partial charge in [-0.25, -0.2) is 4.79 Å². The molecule has 9 nitrogen and oxygen atoms in total. The Kier molecular flexibility index (Phi) is 5.08. The molecule has 0 spiro atoms. The standard InChI is InChI=1S/C16H17N3O6/c1-23-11-4-2-10(3-5-11)15(21)17-12-6-7-19(16(22)18-12)13-9-24-14(8-20)25-13/h2-7,13-14,20H,8-9H2,1H3,(H,17,18,21,22). The minimum Gasteiger partial charge on any atom is -0.497 e. The van der Waals surface area contributed by atoms with Crippen molar-refractivity contribution < 1.29 is 24.1 Å². The Balaban J connectivity index is 1.70. The van der Waals surface area contributed by atoms with Gasteiger partial charge in [-0.3, -0.25) is 9.36 Å². The molecular formula is C16H17N3O6. The van der Waals surface area contributed by atoms with Crippen molar-refractivity contribution in [1.29, 1.82) is 0 Å². The molecular weight excluding hydrogens is 330 g/mol. The number of amides is 1. The molecule has 2 atom stereocenters. The van der Waals surface area contributed by atoms with Gasteiger partial charge < -0.3 is 24.6 Å². The van der Waals surface area contributed by atoms with Gasteiger partial charge in [0, 0.05) is 11.8 Å². The number of carbonyl (C=O) groups is 1. The molecule has 1 aliphatic rings. The predicted molar refractivity (Wildman–Crippen MR) is 86.4 cm³/mol. The zero-order valence-electron chi connectivity index (χ0n) is 13.4. The number of aromatic nitrogens is 2. The third-order valence-electron chi connectivity index (χ3n) is 3.62. The molecule has 2 N–H and O–H groups in total. The number of ether oxygens (including phenoxy) is 3. The minimum absolute atomic E-state index is 0.125. The molecule has 0 saturated carbocycles. The molecule has 2 heterocycles. The molecule has 1 amide bonds. The lowest BCUT2D eigenvalue weighted by Crippen LogP contribution is -2.29. The van der Waals surface area contributed by atoms with E-state index in [0.717, 1.165) is 0 Å². The van der Waals surface area contributed by atoms with Crippen molar-refractivity contribution in [3.63, 3.8) is 0 Å². The summed E-state index contributed by atoms with van der Waals surface area (Å²) >= 11 is 0. The molecule has 25 heavy (non-hydrogen) atoms. The summed E-state index contributed by atoms with van der Waals surface area (Å²) in [6.45, 7) is -0.168. The molecule has 9 heteroatoms. The number of aliphatic hydroxyl groups excluding tert-OH is 1. The predicted octanol–water partition coefficient (Wildman–Crippen LogP) is 0.368. The van der Waals surface area contributed by atoms with Crippen LogP contribution in [0.25, 0.3) is 0 Å². The number of hydrogen-bond acceptors (Lipinski definition) is 7. The van der Waals surface area contributed by atoms with Crippen LogP contribution >= 0.6 is 0 Å². The number of aliphatic hydroxyl groups is 1. The van der Waals surface area contributed by atoms with Crippen LogP contribution < -0.4 is 15.7 Å². The third kappa shape index (κ3) is 3.85. The number of nitrogens with one attached hydrogen (secondary N) is 1. The number of benzene rings is 1. The second-order valence-corrected chi connectivity index (χ2v) is 5.22. The van der Waals surface area contributed by atoms with Crippen LogP contribution in [0.1, 0.15) is 16.6 Å². The average molecular weight is 347 g/mol. The van der Waals surface area contributed by atoms with E-state index < -0.39 is 24.1 Å². The quantitative estimate of drug-likeness (QED) is 0.803. The zero-order valence-corrected chi connectivity index (χ0v) is 13.4. The molecule has 1 fully saturated rings. The number of anilines is 1. The molecule has 1 aliphatic heterocycles. The highest BCUT2D eigenvalue weighted by Crippen LogP contribution is 2.19. The van der Waals surface area contributed by atoms with Gasteiger partial charge in [-0.05, 0) is 30.3 Å². The average Bonchev–Trinajstić information content (AvgIpc) is 3.10. The van der Waals surface area contributed by atoms with Crippen LogP contribution in [0.15, 0.2) is 41.3 Å². The minimum atomic E-state index is -0.758. The SMILES string of the molecule is COc1ccc(C(=O)Nc2ccn(C3COC(CO)O3)c(=O)n2)cc1. The molecule has 132 valence electrons. The second kappa shape index (κ2) is 7.43. The van der Waals surface area contributed by atoms with Gasteiger partial charge in [-0.2, -0.15) is 4.98 Å². The first-order valence-corrected chi connectivity index (χ1v) is 7.53. The highest BCUT2D eigenvalue weighted by molar-refractivity contribution is 6.03. The van der Waals surface area contributed by atoms with Crippen molar-refractivity contribution >= 4 is 11.7 Å². The van der Waals surface area contributed by atoms with Gasteiger partial charge in [-0.1, -0.05) is 0 Å². The van der Waals surface area contributed by atoms with E-state index in [4.69, 9.17) is 19.3 Å². The Bertz CT molecular complexity index is 804. The van der Waals surface area contributed by atoms with E-state index in [-0.39, 0.29) is 19.0 Å². The van der Waals surface area contributed by atoms with Gasteiger partial charge in [0.25, 0.3) is 5.91 Å². The van der Waals surface area contributed by atoms with Crippen molar-refractivity contribution in [2.24, 2.45) is 0 Å². The molecule has 1 aromatic carbocycles. The van der Waals surface area contributed by atoms with Crippen LogP contribution in [-0.4, -0.2) is 47.2 Å². The van der Waals surface area contributed by atoms with Gasteiger partial charge in [0.05, 0.1) is 20.3 Å². The van der Waals surface area contributed by atoms with Crippen LogP contribution in [0.3, 0.4) is 0 Å². The van der Waals surface area contributed by atoms with E-state index in [1.54, 1.807) is 24.3 Å². The van der Waals surface area contributed by atoms with E-state index in [1.807, 2.05) is 0 Å². The third-order valence-corrected chi connectivity index (χ3v) is 3.62. The van der Waals surface area contributed by atoms with Crippen LogP contribution in [0.2, 0.25) is 0 Å². The number of nitrogens with zero attached hydrogens (tertiary/aromatic N) is 2. The lowest BCUT2D eigenvalue weighted by molar-refractivity contribution is -0.0992. The van der Waals surface area contributed by atoms with Gasteiger partial charge in [0.1, 0.15) is 11.6 Å². The fourth-order valence-electron chi connectivity index (χ4n) is 2.32. The summed E-state index contributed by atoms with van der Waals surface area (Å²) in [6, 6.07) is 8.02. The lowest BCUT2D eigenvalue weighted by Gasteiger charge is -2.13. The maximum atomic E-state index is 12.2. The van der Waals surface area contributed by atoms with E-state index >= 15 is 0 Å². The fraction of sp³-hybridized carbons (Fsp3) is 0.312. The first-order valence-electron chi connectivity index (χ1n) is 7.53. The molecule has 0 radical (unpaired) electrons. The topological polar surface area (TPSA) is 112 Å². The van der Waals surface area contributed by atoms with E-state index in [1.165, 1.54) is 23.9 Å². The smallest absolute Gasteiger partial charge is 0.351 e. The van der Waals surface area contributed by atoms with Crippen molar-refractivity contribution in [1.82, 2.24) is 9.55 Å². The van der Waals surface area contributed by atoms with Gasteiger partial charge in [-0.15, -0.1) is 0 Å². The van der Waals surface area contributed by atoms with E-state index in [2.05, 4.69) is 10.3 Å². The maximum absolute atomic E-state index is 12.2. The van der Waals surface area contributed by atoms with E-state index in [0.29, 0.717) is 11.3 Å². The molecule has 3 rings (SSSR count). The van der Waals surface area contributed by atoms with Crippen LogP contribution in [0.4, 0.5) is 5.82 Å². The summed E-state index contributed by atoms with van der Waals surface area (Å²) < 4.78 is 16.8. The van der Waals surface area contributed by atoms with Gasteiger partial charge in [0.2, 0.25) is 0 Å². The molecule has 2 unspecified atom stereocenters. The first kappa shape index (κ1) is 17.1. The lowest BCUT2D eigenvalue weighted by atomic mass is 10.2. The summed E-state index contributed by atoms with van der Waals surface area (Å²) in [5, 5.41) is 11.5. The summed E-state index contributed by atoms with van der Waals surface area (Å²) in [5.41, 5.74) is -0.190. The fourth-order valence-corrected chi connectivity index (χ4v) is 2.32. The van der Waals surface area contributed by atoms with Gasteiger partial charge >= 0.3 is 5.69 Å². The van der Waals surface area contributed by atoms with Crippen LogP contribution in [-0.2, 0) is 9.47 Å². The highest BCUT2D eigenvalue weighted by atomic mass is 16.7. The Morgan fingerprint density at radius 2 is 2.16 bits per heavy atom. The second-order valence-electron chi connectivity index (χ2n) is 5.22. The van der Waals surface area contributed by atoms with Crippen molar-refractivity contribution in [3.8, 4) is 5.75 Å². The number of hydrogen-bond donors (Lipinski definition) is 2. The largest absolute Gasteiger partial charge is 0.497 e. The number of methoxy groups -OCH3 is 1. The molecule has 2 aromatic rings. The van der Waals surface area contributed by atoms with Gasteiger partial charge in [0.15, 0.2) is 12.5 Å². The number of carbonyl (C=O) groups excluding carboxylic acids is 1. The first-order chi connectivity index (χ1) is 12.1. The Hall–Kier alpha value is -2.75. The van der Waals surface area contributed by atoms with Crippen molar-refractivity contribution in [2.75, 3.05) is 25.6 Å². The summed E-state index contributed by atoms with van der Waals surface area (Å²) in [4.78, 5) is 28.1. The molecule has 1 aromatic heterocycles. The monoisotopic (exact) mass is 347 g/mol. The normalized spacial score (nSPS) is 19.6. The molecule has 0 bridgehead atoms. The van der Waals surface area contributed by atoms with E-state index in [9.17, 15) is 9.59 Å². The summed E-state index contributed by atoms with van der Waals surface area (Å²) in [5.74, 6) is 0.366.